The van der Waals surface area contributed by atoms with Gasteiger partial charge in [-0.15, -0.1) is 0 Å². The molecule has 1 fully saturated rings. The van der Waals surface area contributed by atoms with Crippen molar-refractivity contribution < 1.29 is 0 Å². The van der Waals surface area contributed by atoms with Crippen LogP contribution in [-0.2, 0) is 6.54 Å². The number of imidazole rings is 1. The van der Waals surface area contributed by atoms with Crippen LogP contribution in [-0.4, -0.2) is 28.0 Å². The summed E-state index contributed by atoms with van der Waals surface area (Å²) in [5.74, 6) is 1.71. The van der Waals surface area contributed by atoms with E-state index in [1.54, 1.807) is 0 Å². The van der Waals surface area contributed by atoms with Gasteiger partial charge < -0.3 is 4.98 Å². The van der Waals surface area contributed by atoms with Crippen molar-refractivity contribution in [2.24, 2.45) is 0 Å². The smallest absolute Gasteiger partial charge is 0.110 e. The quantitative estimate of drug-likeness (QED) is 0.914. The summed E-state index contributed by atoms with van der Waals surface area (Å²) >= 11 is 0. The zero-order chi connectivity index (χ0) is 13.1. The number of nitrogens with zero attached hydrogens (tertiary/aromatic N) is 2. The third-order valence-corrected chi connectivity index (χ3v) is 3.94. The molecule has 1 saturated heterocycles. The van der Waals surface area contributed by atoms with Gasteiger partial charge in [-0.2, -0.15) is 0 Å². The first kappa shape index (κ1) is 12.4. The van der Waals surface area contributed by atoms with Crippen molar-refractivity contribution in [1.82, 2.24) is 14.9 Å². The first-order chi connectivity index (χ1) is 9.31. The highest BCUT2D eigenvalue weighted by atomic mass is 15.1. The summed E-state index contributed by atoms with van der Waals surface area (Å²) in [7, 11) is 0. The molecule has 0 radical (unpaired) electrons. The van der Waals surface area contributed by atoms with Gasteiger partial charge in [0, 0.05) is 31.4 Å². The normalized spacial score (nSPS) is 20.6. The Morgan fingerprint density at radius 3 is 2.89 bits per heavy atom. The maximum Gasteiger partial charge on any atom is 0.110 e. The van der Waals surface area contributed by atoms with Gasteiger partial charge in [0.2, 0.25) is 0 Å². The minimum absolute atomic E-state index is 0.564. The largest absolute Gasteiger partial charge is 0.348 e. The molecule has 3 rings (SSSR count). The number of nitrogens with one attached hydrogen (secondary N) is 1. The van der Waals surface area contributed by atoms with Crippen molar-refractivity contribution in [3.63, 3.8) is 0 Å². The van der Waals surface area contributed by atoms with Gasteiger partial charge in [0.1, 0.15) is 5.82 Å². The van der Waals surface area contributed by atoms with E-state index in [4.69, 9.17) is 0 Å². The predicted molar refractivity (Wildman–Crippen MR) is 77.0 cm³/mol. The molecule has 3 heteroatoms. The Balaban J connectivity index is 1.64. The molecular weight excluding hydrogens is 234 g/mol. The number of H-pyrrole nitrogens is 1. The van der Waals surface area contributed by atoms with Crippen LogP contribution in [0.1, 0.15) is 35.7 Å². The van der Waals surface area contributed by atoms with Gasteiger partial charge in [0.15, 0.2) is 0 Å². The lowest BCUT2D eigenvalue weighted by atomic mass is 9.97. The van der Waals surface area contributed by atoms with E-state index in [9.17, 15) is 0 Å². The third kappa shape index (κ3) is 3.04. The van der Waals surface area contributed by atoms with Crippen LogP contribution in [0.4, 0.5) is 0 Å². The van der Waals surface area contributed by atoms with E-state index in [0.29, 0.717) is 5.92 Å². The van der Waals surface area contributed by atoms with E-state index in [0.717, 1.165) is 18.9 Å². The lowest BCUT2D eigenvalue weighted by molar-refractivity contribution is 0.197. The summed E-state index contributed by atoms with van der Waals surface area (Å²) in [5.41, 5.74) is 2.74. The molecule has 1 aromatic carbocycles. The van der Waals surface area contributed by atoms with Gasteiger partial charge >= 0.3 is 0 Å². The first-order valence-corrected chi connectivity index (χ1v) is 7.08. The van der Waals surface area contributed by atoms with Crippen molar-refractivity contribution >= 4 is 0 Å². The first-order valence-electron chi connectivity index (χ1n) is 7.08. The number of likely N-dealkylation sites (tertiary alicyclic amines) is 1. The van der Waals surface area contributed by atoms with Crippen LogP contribution < -0.4 is 0 Å². The molecule has 2 heterocycles. The topological polar surface area (TPSA) is 31.9 Å². The van der Waals surface area contributed by atoms with Gasteiger partial charge in [-0.3, -0.25) is 4.90 Å². The van der Waals surface area contributed by atoms with Crippen LogP contribution in [0, 0.1) is 6.92 Å². The van der Waals surface area contributed by atoms with Crippen LogP contribution in [0.15, 0.2) is 36.7 Å². The van der Waals surface area contributed by atoms with Crippen LogP contribution in [0.5, 0.6) is 0 Å². The van der Waals surface area contributed by atoms with Crippen LogP contribution in [0.3, 0.4) is 0 Å². The van der Waals surface area contributed by atoms with E-state index < -0.39 is 0 Å². The van der Waals surface area contributed by atoms with E-state index in [-0.39, 0.29) is 0 Å². The number of aromatic amines is 1. The van der Waals surface area contributed by atoms with Gasteiger partial charge in [-0.1, -0.05) is 29.8 Å². The summed E-state index contributed by atoms with van der Waals surface area (Å²) in [5, 5.41) is 0. The van der Waals surface area contributed by atoms with E-state index in [1.807, 2.05) is 12.4 Å². The molecule has 0 spiro atoms. The maximum absolute atomic E-state index is 4.41. The molecule has 100 valence electrons. The average Bonchev–Trinajstić information content (AvgIpc) is 2.96. The molecule has 0 aliphatic carbocycles. The van der Waals surface area contributed by atoms with Gasteiger partial charge in [-0.05, 0) is 31.9 Å². The van der Waals surface area contributed by atoms with E-state index in [2.05, 4.69) is 46.1 Å². The maximum atomic E-state index is 4.41. The SMILES string of the molecule is Cc1ccc(CN2CCCC(c3ncc[nH]3)C2)cc1. The standard InChI is InChI=1S/C16H21N3/c1-13-4-6-14(7-5-13)11-19-10-2-3-15(12-19)16-17-8-9-18-16/h4-9,15H,2-3,10-12H2,1H3,(H,17,18). The molecule has 0 bridgehead atoms. The average molecular weight is 255 g/mol. The molecule has 3 nitrogen and oxygen atoms in total. The zero-order valence-electron chi connectivity index (χ0n) is 11.5. The molecule has 1 aliphatic heterocycles. The molecular formula is C16H21N3. The van der Waals surface area contributed by atoms with Gasteiger partial charge in [0.05, 0.1) is 0 Å². The number of benzene rings is 1. The summed E-state index contributed by atoms with van der Waals surface area (Å²) in [4.78, 5) is 10.2. The van der Waals surface area contributed by atoms with Crippen molar-refractivity contribution in [2.45, 2.75) is 32.2 Å². The predicted octanol–water partition coefficient (Wildman–Crippen LogP) is 3.10. The fourth-order valence-electron chi connectivity index (χ4n) is 2.87. The number of hydrogen-bond acceptors (Lipinski definition) is 2. The van der Waals surface area contributed by atoms with Crippen LogP contribution in [0.2, 0.25) is 0 Å². The van der Waals surface area contributed by atoms with Gasteiger partial charge in [0.25, 0.3) is 0 Å². The highest BCUT2D eigenvalue weighted by Gasteiger charge is 2.22. The lowest BCUT2D eigenvalue weighted by Gasteiger charge is -2.31. The number of aryl methyl sites for hydroxylation is 1. The molecule has 1 N–H and O–H groups in total. The molecule has 0 saturated carbocycles. The Kier molecular flexibility index (Phi) is 3.65. The summed E-state index contributed by atoms with van der Waals surface area (Å²) < 4.78 is 0. The Labute approximate surface area is 114 Å². The monoisotopic (exact) mass is 255 g/mol. The fraction of sp³-hybridized carbons (Fsp3) is 0.438. The Morgan fingerprint density at radius 1 is 1.32 bits per heavy atom. The van der Waals surface area contributed by atoms with E-state index >= 15 is 0 Å². The molecule has 1 unspecified atom stereocenters. The van der Waals surface area contributed by atoms with Crippen molar-refractivity contribution in [2.75, 3.05) is 13.1 Å². The summed E-state index contributed by atoms with van der Waals surface area (Å²) in [6.45, 7) is 5.50. The third-order valence-electron chi connectivity index (χ3n) is 3.94. The van der Waals surface area contributed by atoms with E-state index in [1.165, 1.54) is 30.5 Å². The number of aromatic nitrogens is 2. The fourth-order valence-corrected chi connectivity index (χ4v) is 2.87. The second-order valence-electron chi connectivity index (χ2n) is 5.53. The molecule has 2 aromatic rings. The molecule has 19 heavy (non-hydrogen) atoms. The Hall–Kier alpha value is -1.61. The zero-order valence-corrected chi connectivity index (χ0v) is 11.5. The molecule has 1 aromatic heterocycles. The molecule has 1 aliphatic rings. The Bertz CT molecular complexity index is 501. The van der Waals surface area contributed by atoms with Crippen molar-refractivity contribution in [1.29, 1.82) is 0 Å². The second-order valence-corrected chi connectivity index (χ2v) is 5.53. The molecule has 0 amide bonds. The minimum Gasteiger partial charge on any atom is -0.348 e. The van der Waals surface area contributed by atoms with Gasteiger partial charge in [-0.25, -0.2) is 4.98 Å². The van der Waals surface area contributed by atoms with Crippen molar-refractivity contribution in [3.8, 4) is 0 Å². The lowest BCUT2D eigenvalue weighted by Crippen LogP contribution is -2.34. The Morgan fingerprint density at radius 2 is 2.16 bits per heavy atom. The number of hydrogen-bond donors (Lipinski definition) is 1. The molecule has 1 atom stereocenters. The number of piperidine rings is 1. The van der Waals surface area contributed by atoms with Crippen LogP contribution >= 0.6 is 0 Å². The summed E-state index contributed by atoms with van der Waals surface area (Å²) in [6, 6.07) is 8.88. The summed E-state index contributed by atoms with van der Waals surface area (Å²) in [6.07, 6.45) is 6.29. The number of rotatable bonds is 3. The highest BCUT2D eigenvalue weighted by Crippen LogP contribution is 2.25. The minimum atomic E-state index is 0.564. The van der Waals surface area contributed by atoms with Crippen molar-refractivity contribution in [3.05, 3.63) is 53.6 Å². The highest BCUT2D eigenvalue weighted by molar-refractivity contribution is 5.21. The second kappa shape index (κ2) is 5.57. The van der Waals surface area contributed by atoms with Crippen LogP contribution in [0.25, 0.3) is 0 Å².